The Morgan fingerprint density at radius 1 is 1.71 bits per heavy atom. The van der Waals surface area contributed by atoms with Crippen LogP contribution in [0.15, 0.2) is 6.07 Å². The molecule has 0 aliphatic carbocycles. The van der Waals surface area contributed by atoms with Gasteiger partial charge < -0.3 is 14.7 Å². The molecule has 0 aromatic carbocycles. The Hall–Kier alpha value is -1.40. The average molecular weight is 239 g/mol. The predicted octanol–water partition coefficient (Wildman–Crippen LogP) is -0.438. The molecule has 1 atom stereocenters. The summed E-state index contributed by atoms with van der Waals surface area (Å²) in [5.41, 5.74) is 1.39. The highest BCUT2D eigenvalue weighted by molar-refractivity contribution is 5.92. The van der Waals surface area contributed by atoms with E-state index in [9.17, 15) is 4.79 Å². The van der Waals surface area contributed by atoms with E-state index in [4.69, 9.17) is 9.84 Å². The molecule has 1 amide bonds. The highest BCUT2D eigenvalue weighted by Crippen LogP contribution is 2.11. The van der Waals surface area contributed by atoms with Gasteiger partial charge in [0.25, 0.3) is 5.91 Å². The quantitative estimate of drug-likeness (QED) is 0.760. The van der Waals surface area contributed by atoms with Crippen LogP contribution in [0.2, 0.25) is 0 Å². The maximum Gasteiger partial charge on any atom is 0.272 e. The Morgan fingerprint density at radius 3 is 3.06 bits per heavy atom. The molecule has 6 heteroatoms. The summed E-state index contributed by atoms with van der Waals surface area (Å²) in [6.07, 6.45) is -0.276. The zero-order valence-corrected chi connectivity index (χ0v) is 10.1. The smallest absolute Gasteiger partial charge is 0.272 e. The van der Waals surface area contributed by atoms with Crippen LogP contribution in [0.5, 0.6) is 0 Å². The van der Waals surface area contributed by atoms with E-state index in [1.807, 2.05) is 6.92 Å². The van der Waals surface area contributed by atoms with Crippen molar-refractivity contribution in [1.29, 1.82) is 0 Å². The van der Waals surface area contributed by atoms with Gasteiger partial charge in [0, 0.05) is 20.1 Å². The van der Waals surface area contributed by atoms with Crippen molar-refractivity contribution in [3.05, 3.63) is 17.5 Å². The highest BCUT2D eigenvalue weighted by atomic mass is 16.5. The summed E-state index contributed by atoms with van der Waals surface area (Å²) in [7, 11) is 1.75. The van der Waals surface area contributed by atoms with Crippen LogP contribution < -0.4 is 0 Å². The lowest BCUT2D eigenvalue weighted by Gasteiger charge is -2.31. The summed E-state index contributed by atoms with van der Waals surface area (Å²) in [4.78, 5) is 13.9. The number of hydrogen-bond donors (Lipinski definition) is 1. The second-order valence-electron chi connectivity index (χ2n) is 4.22. The number of aromatic nitrogens is 2. The molecular formula is C11H17N3O3. The molecule has 6 nitrogen and oxygen atoms in total. The first-order valence-corrected chi connectivity index (χ1v) is 5.64. The third kappa shape index (κ3) is 2.48. The fourth-order valence-corrected chi connectivity index (χ4v) is 1.99. The highest BCUT2D eigenvalue weighted by Gasteiger charge is 2.26. The maximum atomic E-state index is 12.2. The first kappa shape index (κ1) is 12.1. The van der Waals surface area contributed by atoms with Crippen LogP contribution in [0, 0.1) is 6.92 Å². The lowest BCUT2D eigenvalue weighted by Crippen LogP contribution is -2.47. The van der Waals surface area contributed by atoms with E-state index >= 15 is 0 Å². The molecule has 1 fully saturated rings. The molecule has 1 aromatic heterocycles. The molecule has 1 aliphatic heterocycles. The molecule has 1 aromatic rings. The van der Waals surface area contributed by atoms with Crippen molar-refractivity contribution in [3.63, 3.8) is 0 Å². The van der Waals surface area contributed by atoms with Crippen LogP contribution in [0.25, 0.3) is 0 Å². The summed E-state index contributed by atoms with van der Waals surface area (Å²) in [6.45, 7) is 3.24. The Kier molecular flexibility index (Phi) is 3.44. The van der Waals surface area contributed by atoms with Crippen LogP contribution in [0.4, 0.5) is 0 Å². The number of rotatable bonds is 2. The van der Waals surface area contributed by atoms with Gasteiger partial charge in [0.1, 0.15) is 5.69 Å². The van der Waals surface area contributed by atoms with Crippen LogP contribution in [0.1, 0.15) is 16.2 Å². The molecule has 1 N–H and O–H groups in total. The molecule has 1 saturated heterocycles. The average Bonchev–Trinajstić information content (AvgIpc) is 2.67. The fourth-order valence-electron chi connectivity index (χ4n) is 1.99. The molecule has 2 rings (SSSR count). The third-order valence-electron chi connectivity index (χ3n) is 2.85. The number of aryl methyl sites for hydroxylation is 2. The molecule has 0 saturated carbocycles. The van der Waals surface area contributed by atoms with Gasteiger partial charge in [-0.2, -0.15) is 5.10 Å². The second kappa shape index (κ2) is 4.85. The third-order valence-corrected chi connectivity index (χ3v) is 2.85. The Labute approximate surface area is 99.8 Å². The van der Waals surface area contributed by atoms with E-state index in [0.717, 1.165) is 5.69 Å². The summed E-state index contributed by atoms with van der Waals surface area (Å²) < 4.78 is 6.90. The number of ether oxygens (including phenoxy) is 1. The number of amides is 1. The molecule has 94 valence electrons. The summed E-state index contributed by atoms with van der Waals surface area (Å²) in [5, 5.41) is 13.2. The fraction of sp³-hybridized carbons (Fsp3) is 0.636. The number of aliphatic hydroxyl groups is 1. The summed E-state index contributed by atoms with van der Waals surface area (Å²) in [5.74, 6) is -0.0603. The SMILES string of the molecule is Cc1cc(C(=O)N2CCOC(CO)C2)n(C)n1. The van der Waals surface area contributed by atoms with Crippen LogP contribution in [-0.2, 0) is 11.8 Å². The van der Waals surface area contributed by atoms with Crippen LogP contribution in [-0.4, -0.2) is 58.1 Å². The minimum Gasteiger partial charge on any atom is -0.394 e. The lowest BCUT2D eigenvalue weighted by molar-refractivity contribution is -0.0449. The Balaban J connectivity index is 2.12. The van der Waals surface area contributed by atoms with Crippen molar-refractivity contribution in [2.75, 3.05) is 26.3 Å². The zero-order valence-electron chi connectivity index (χ0n) is 10.1. The van der Waals surface area contributed by atoms with Gasteiger partial charge in [-0.3, -0.25) is 9.48 Å². The van der Waals surface area contributed by atoms with Gasteiger partial charge in [0.05, 0.1) is 25.0 Å². The van der Waals surface area contributed by atoms with E-state index < -0.39 is 0 Å². The first-order chi connectivity index (χ1) is 8.11. The normalized spacial score (nSPS) is 20.6. The molecule has 0 bridgehead atoms. The molecule has 1 aliphatic rings. The van der Waals surface area contributed by atoms with Crippen LogP contribution >= 0.6 is 0 Å². The molecule has 0 spiro atoms. The Morgan fingerprint density at radius 2 is 2.47 bits per heavy atom. The van der Waals surface area contributed by atoms with Crippen molar-refractivity contribution in [2.24, 2.45) is 7.05 Å². The van der Waals surface area contributed by atoms with E-state index in [1.165, 1.54) is 0 Å². The number of carbonyl (C=O) groups excluding carboxylic acids is 1. The number of nitrogens with zero attached hydrogens (tertiary/aromatic N) is 3. The number of carbonyl (C=O) groups is 1. The van der Waals surface area contributed by atoms with Crippen molar-refractivity contribution < 1.29 is 14.6 Å². The molecule has 1 unspecified atom stereocenters. The molecule has 2 heterocycles. The maximum absolute atomic E-state index is 12.2. The number of aliphatic hydroxyl groups excluding tert-OH is 1. The van der Waals surface area contributed by atoms with Crippen LogP contribution in [0.3, 0.4) is 0 Å². The summed E-state index contributed by atoms with van der Waals surface area (Å²) in [6, 6.07) is 1.77. The van der Waals surface area contributed by atoms with Gasteiger partial charge in [-0.1, -0.05) is 0 Å². The van der Waals surface area contributed by atoms with E-state index in [2.05, 4.69) is 5.10 Å². The lowest BCUT2D eigenvalue weighted by atomic mass is 10.2. The van der Waals surface area contributed by atoms with E-state index in [0.29, 0.717) is 25.4 Å². The largest absolute Gasteiger partial charge is 0.394 e. The molecular weight excluding hydrogens is 222 g/mol. The van der Waals surface area contributed by atoms with Gasteiger partial charge in [0.15, 0.2) is 0 Å². The van der Waals surface area contributed by atoms with Crippen molar-refractivity contribution in [2.45, 2.75) is 13.0 Å². The van der Waals surface area contributed by atoms with Gasteiger partial charge in [-0.25, -0.2) is 0 Å². The van der Waals surface area contributed by atoms with E-state index in [1.54, 1.807) is 22.7 Å². The summed E-state index contributed by atoms with van der Waals surface area (Å²) >= 11 is 0. The van der Waals surface area contributed by atoms with Gasteiger partial charge >= 0.3 is 0 Å². The van der Waals surface area contributed by atoms with E-state index in [-0.39, 0.29) is 18.6 Å². The minimum atomic E-state index is -0.276. The second-order valence-corrected chi connectivity index (χ2v) is 4.22. The van der Waals surface area contributed by atoms with Crippen molar-refractivity contribution in [1.82, 2.24) is 14.7 Å². The molecule has 17 heavy (non-hydrogen) atoms. The van der Waals surface area contributed by atoms with Gasteiger partial charge in [0.2, 0.25) is 0 Å². The molecule has 0 radical (unpaired) electrons. The topological polar surface area (TPSA) is 67.6 Å². The first-order valence-electron chi connectivity index (χ1n) is 5.64. The van der Waals surface area contributed by atoms with Gasteiger partial charge in [-0.15, -0.1) is 0 Å². The predicted molar refractivity (Wildman–Crippen MR) is 60.7 cm³/mol. The minimum absolute atomic E-state index is 0.0603. The zero-order chi connectivity index (χ0) is 12.4. The number of morpholine rings is 1. The standard InChI is InChI=1S/C11H17N3O3/c1-8-5-10(13(2)12-8)11(16)14-3-4-17-9(6-14)7-15/h5,9,15H,3-4,6-7H2,1-2H3. The van der Waals surface area contributed by atoms with Crippen molar-refractivity contribution >= 4 is 5.91 Å². The van der Waals surface area contributed by atoms with Gasteiger partial charge in [-0.05, 0) is 13.0 Å². The Bertz CT molecular complexity index is 416. The monoisotopic (exact) mass is 239 g/mol. The number of hydrogen-bond acceptors (Lipinski definition) is 4. The van der Waals surface area contributed by atoms with Crippen molar-refractivity contribution in [3.8, 4) is 0 Å².